The number of amides is 2. The number of rotatable bonds is 5. The highest BCUT2D eigenvalue weighted by Gasteiger charge is 2.34. The van der Waals surface area contributed by atoms with Gasteiger partial charge in [0.25, 0.3) is 11.8 Å². The van der Waals surface area contributed by atoms with Gasteiger partial charge < -0.3 is 4.74 Å². The highest BCUT2D eigenvalue weighted by Crippen LogP contribution is 2.32. The van der Waals surface area contributed by atoms with Gasteiger partial charge in [-0.3, -0.25) is 19.8 Å². The minimum atomic E-state index is -0.537. The minimum absolute atomic E-state index is 0.0138. The standard InChI is InChI=1S/C30H24N2O3S/c1-19-14-20(2)16-21(15-19)18-35-27-13-12-22-8-6-7-11-24(22)25(27)17-26-28(33)31-30(36)32(29(26)34)23-9-4-3-5-10-23/h3-17H,18H2,1-2H3,(H,31,33,36)/b26-17-. The van der Waals surface area contributed by atoms with E-state index in [1.54, 1.807) is 18.2 Å². The summed E-state index contributed by atoms with van der Waals surface area (Å²) < 4.78 is 6.26. The molecule has 4 aromatic rings. The van der Waals surface area contributed by atoms with Crippen molar-refractivity contribution in [3.8, 4) is 5.75 Å². The first-order valence-electron chi connectivity index (χ1n) is 11.6. The second-order valence-electron chi connectivity index (χ2n) is 8.78. The fraction of sp³-hybridized carbons (Fsp3) is 0.100. The summed E-state index contributed by atoms with van der Waals surface area (Å²) in [6.07, 6.45) is 1.61. The molecule has 0 saturated carbocycles. The summed E-state index contributed by atoms with van der Waals surface area (Å²) in [5.74, 6) is -0.436. The van der Waals surface area contributed by atoms with Gasteiger partial charge in [0.15, 0.2) is 5.11 Å². The number of nitrogens with one attached hydrogen (secondary N) is 1. The lowest BCUT2D eigenvalue weighted by molar-refractivity contribution is -0.122. The molecule has 1 fully saturated rings. The molecule has 4 aromatic carbocycles. The van der Waals surface area contributed by atoms with Gasteiger partial charge in [-0.2, -0.15) is 0 Å². The quantitative estimate of drug-likeness (QED) is 0.215. The number of para-hydroxylation sites is 1. The molecule has 1 N–H and O–H groups in total. The summed E-state index contributed by atoms with van der Waals surface area (Å²) in [4.78, 5) is 27.8. The number of benzene rings is 4. The molecule has 1 heterocycles. The summed E-state index contributed by atoms with van der Waals surface area (Å²) >= 11 is 5.32. The first-order valence-corrected chi connectivity index (χ1v) is 12.0. The smallest absolute Gasteiger partial charge is 0.270 e. The highest BCUT2D eigenvalue weighted by molar-refractivity contribution is 7.80. The average molecular weight is 493 g/mol. The van der Waals surface area contributed by atoms with E-state index in [0.29, 0.717) is 23.6 Å². The molecule has 0 aliphatic carbocycles. The molecule has 2 amide bonds. The Hall–Kier alpha value is -4.29. The summed E-state index contributed by atoms with van der Waals surface area (Å²) in [7, 11) is 0. The molecule has 0 atom stereocenters. The van der Waals surface area contributed by atoms with Gasteiger partial charge in [0.05, 0.1) is 5.69 Å². The van der Waals surface area contributed by atoms with Crippen molar-refractivity contribution in [2.24, 2.45) is 0 Å². The van der Waals surface area contributed by atoms with Crippen LogP contribution in [0.3, 0.4) is 0 Å². The molecule has 6 heteroatoms. The topological polar surface area (TPSA) is 58.6 Å². The fourth-order valence-corrected chi connectivity index (χ4v) is 4.76. The van der Waals surface area contributed by atoms with E-state index in [9.17, 15) is 9.59 Å². The Labute approximate surface area is 215 Å². The Bertz CT molecular complexity index is 1520. The maximum atomic E-state index is 13.5. The molecule has 5 nitrogen and oxygen atoms in total. The van der Waals surface area contributed by atoms with Crippen LogP contribution in [0.2, 0.25) is 0 Å². The number of aryl methyl sites for hydroxylation is 2. The molecule has 1 saturated heterocycles. The number of fused-ring (bicyclic) bond motifs is 1. The van der Waals surface area contributed by atoms with Crippen LogP contribution in [0, 0.1) is 13.8 Å². The molecule has 1 aliphatic heterocycles. The van der Waals surface area contributed by atoms with Crippen LogP contribution in [-0.4, -0.2) is 16.9 Å². The van der Waals surface area contributed by atoms with E-state index in [1.165, 1.54) is 4.90 Å². The van der Waals surface area contributed by atoms with E-state index in [2.05, 4.69) is 37.4 Å². The molecule has 1 aliphatic rings. The first kappa shape index (κ1) is 23.5. The Morgan fingerprint density at radius 1 is 0.889 bits per heavy atom. The van der Waals surface area contributed by atoms with E-state index in [4.69, 9.17) is 17.0 Å². The first-order chi connectivity index (χ1) is 17.4. The number of carbonyl (C=O) groups excluding carboxylic acids is 2. The maximum absolute atomic E-state index is 13.5. The number of nitrogens with zero attached hydrogens (tertiary/aromatic N) is 1. The molecule has 0 spiro atoms. The molecular formula is C30H24N2O3S. The van der Waals surface area contributed by atoms with Crippen molar-refractivity contribution in [1.29, 1.82) is 0 Å². The monoisotopic (exact) mass is 492 g/mol. The van der Waals surface area contributed by atoms with Crippen molar-refractivity contribution in [3.63, 3.8) is 0 Å². The van der Waals surface area contributed by atoms with Crippen molar-refractivity contribution in [1.82, 2.24) is 5.32 Å². The van der Waals surface area contributed by atoms with Gasteiger partial charge in [-0.25, -0.2) is 0 Å². The zero-order chi connectivity index (χ0) is 25.2. The van der Waals surface area contributed by atoms with Gasteiger partial charge >= 0.3 is 0 Å². The van der Waals surface area contributed by atoms with Crippen LogP contribution in [0.4, 0.5) is 5.69 Å². The van der Waals surface area contributed by atoms with Crippen molar-refractivity contribution in [2.75, 3.05) is 4.90 Å². The van der Waals surface area contributed by atoms with Crippen LogP contribution >= 0.6 is 12.2 Å². The molecule has 0 unspecified atom stereocenters. The predicted molar refractivity (Wildman–Crippen MR) is 147 cm³/mol. The Morgan fingerprint density at radius 2 is 1.58 bits per heavy atom. The van der Waals surface area contributed by atoms with Crippen LogP contribution in [-0.2, 0) is 16.2 Å². The minimum Gasteiger partial charge on any atom is -0.488 e. The van der Waals surface area contributed by atoms with Gasteiger partial charge in [-0.1, -0.05) is 77.9 Å². The molecule has 178 valence electrons. The lowest BCUT2D eigenvalue weighted by Gasteiger charge is -2.29. The molecule has 0 bridgehead atoms. The van der Waals surface area contributed by atoms with E-state index in [-0.39, 0.29) is 10.7 Å². The largest absolute Gasteiger partial charge is 0.488 e. The second-order valence-corrected chi connectivity index (χ2v) is 9.16. The van der Waals surface area contributed by atoms with Crippen molar-refractivity contribution in [2.45, 2.75) is 20.5 Å². The van der Waals surface area contributed by atoms with Gasteiger partial charge in [-0.15, -0.1) is 0 Å². The normalized spacial score (nSPS) is 14.9. The average Bonchev–Trinajstić information content (AvgIpc) is 2.85. The summed E-state index contributed by atoms with van der Waals surface area (Å²) in [6.45, 7) is 4.47. The number of anilines is 1. The summed E-state index contributed by atoms with van der Waals surface area (Å²) in [5, 5.41) is 4.56. The van der Waals surface area contributed by atoms with E-state index >= 15 is 0 Å². The van der Waals surface area contributed by atoms with Gasteiger partial charge in [-0.05, 0) is 66.7 Å². The zero-order valence-corrected chi connectivity index (χ0v) is 20.8. The lowest BCUT2D eigenvalue weighted by Crippen LogP contribution is -2.54. The van der Waals surface area contributed by atoms with Crippen LogP contribution in [0.15, 0.2) is 90.5 Å². The fourth-order valence-electron chi connectivity index (χ4n) is 4.48. The maximum Gasteiger partial charge on any atom is 0.270 e. The lowest BCUT2D eigenvalue weighted by atomic mass is 9.99. The third-order valence-electron chi connectivity index (χ3n) is 6.01. The van der Waals surface area contributed by atoms with E-state index < -0.39 is 11.8 Å². The number of hydrogen-bond acceptors (Lipinski definition) is 4. The van der Waals surface area contributed by atoms with Gasteiger partial charge in [0.2, 0.25) is 0 Å². The Kier molecular flexibility index (Phi) is 6.36. The second kappa shape index (κ2) is 9.76. The zero-order valence-electron chi connectivity index (χ0n) is 19.9. The molecule has 5 rings (SSSR count). The van der Waals surface area contributed by atoms with Gasteiger partial charge in [0, 0.05) is 5.56 Å². The van der Waals surface area contributed by atoms with Crippen molar-refractivity contribution in [3.05, 3.63) is 113 Å². The molecular weight excluding hydrogens is 468 g/mol. The Balaban J connectivity index is 1.58. The number of hydrogen-bond donors (Lipinski definition) is 1. The van der Waals surface area contributed by atoms with Crippen LogP contribution < -0.4 is 15.0 Å². The van der Waals surface area contributed by atoms with Crippen LogP contribution in [0.1, 0.15) is 22.3 Å². The van der Waals surface area contributed by atoms with Crippen molar-refractivity contribution >= 4 is 51.7 Å². The molecule has 0 aromatic heterocycles. The molecule has 0 radical (unpaired) electrons. The van der Waals surface area contributed by atoms with E-state index in [1.807, 2.05) is 54.6 Å². The SMILES string of the molecule is Cc1cc(C)cc(COc2ccc3ccccc3c2/C=C2/C(=O)NC(=S)N(c3ccccc3)C2=O)c1. The van der Waals surface area contributed by atoms with E-state index in [0.717, 1.165) is 27.5 Å². The number of carbonyl (C=O) groups is 2. The summed E-state index contributed by atoms with van der Waals surface area (Å²) in [6, 6.07) is 27.0. The van der Waals surface area contributed by atoms with Crippen LogP contribution in [0.25, 0.3) is 16.8 Å². The third-order valence-corrected chi connectivity index (χ3v) is 6.30. The predicted octanol–water partition coefficient (Wildman–Crippen LogP) is 5.87. The van der Waals surface area contributed by atoms with Gasteiger partial charge in [0.1, 0.15) is 17.9 Å². The third kappa shape index (κ3) is 4.63. The number of ether oxygens (including phenoxy) is 1. The number of thiocarbonyl (C=S) groups is 1. The Morgan fingerprint density at radius 3 is 2.33 bits per heavy atom. The van der Waals surface area contributed by atoms with Crippen LogP contribution in [0.5, 0.6) is 5.75 Å². The summed E-state index contributed by atoms with van der Waals surface area (Å²) in [5.41, 5.74) is 4.61. The highest BCUT2D eigenvalue weighted by atomic mass is 32.1. The van der Waals surface area contributed by atoms with Crippen molar-refractivity contribution < 1.29 is 14.3 Å². The molecule has 36 heavy (non-hydrogen) atoms.